The summed E-state index contributed by atoms with van der Waals surface area (Å²) in [6.07, 6.45) is 1.25. The first-order valence-corrected chi connectivity index (χ1v) is 4.68. The zero-order valence-corrected chi connectivity index (χ0v) is 8.29. The first-order valence-electron chi connectivity index (χ1n) is 4.68. The molecule has 5 heteroatoms. The van der Waals surface area contributed by atoms with E-state index in [2.05, 4.69) is 17.2 Å². The van der Waals surface area contributed by atoms with Crippen LogP contribution in [-0.2, 0) is 4.79 Å². The molecule has 0 bridgehead atoms. The predicted molar refractivity (Wildman–Crippen MR) is 53.1 cm³/mol. The van der Waals surface area contributed by atoms with E-state index < -0.39 is 12.1 Å². The Hall–Kier alpha value is -2.01. The number of hydrogen-bond donors (Lipinski definition) is 2. The number of nitrogens with zero attached hydrogens (tertiary/aromatic N) is 2. The van der Waals surface area contributed by atoms with E-state index in [1.54, 1.807) is 0 Å². The van der Waals surface area contributed by atoms with Gasteiger partial charge in [0.1, 0.15) is 12.1 Å². The zero-order chi connectivity index (χ0) is 11.3. The van der Waals surface area contributed by atoms with Crippen molar-refractivity contribution in [2.75, 3.05) is 0 Å². The minimum Gasteiger partial charge on any atom is -0.377 e. The normalized spacial score (nSPS) is 26.3. The number of rotatable bonds is 1. The minimum absolute atomic E-state index is 0.0724. The molecular formula is C10H12N4O. The van der Waals surface area contributed by atoms with Gasteiger partial charge >= 0.3 is 0 Å². The maximum absolute atomic E-state index is 11.6. The van der Waals surface area contributed by atoms with Gasteiger partial charge in [-0.25, -0.2) is 0 Å². The molecule has 2 atom stereocenters. The molecule has 0 saturated carbocycles. The number of carbonyl (C=O) groups excluding carboxylic acids is 1. The van der Waals surface area contributed by atoms with Crippen molar-refractivity contribution in [3.05, 3.63) is 12.3 Å². The summed E-state index contributed by atoms with van der Waals surface area (Å²) in [5.41, 5.74) is 0.699. The van der Waals surface area contributed by atoms with Crippen LogP contribution in [0.4, 0.5) is 0 Å². The van der Waals surface area contributed by atoms with Gasteiger partial charge in [0.2, 0.25) is 5.91 Å². The van der Waals surface area contributed by atoms with Crippen molar-refractivity contribution in [1.29, 1.82) is 10.5 Å². The van der Waals surface area contributed by atoms with Gasteiger partial charge < -0.3 is 10.6 Å². The van der Waals surface area contributed by atoms with E-state index in [1.165, 1.54) is 0 Å². The van der Waals surface area contributed by atoms with Crippen LogP contribution in [0.15, 0.2) is 12.3 Å². The predicted octanol–water partition coefficient (Wildman–Crippen LogP) is 0.174. The van der Waals surface area contributed by atoms with Crippen molar-refractivity contribution in [2.45, 2.75) is 31.3 Å². The molecule has 5 nitrogen and oxygen atoms in total. The van der Waals surface area contributed by atoms with Crippen molar-refractivity contribution in [3.8, 4) is 12.1 Å². The fourth-order valence-electron chi connectivity index (χ4n) is 1.38. The maximum atomic E-state index is 11.6. The molecule has 0 aliphatic carbocycles. The lowest BCUT2D eigenvalue weighted by atomic mass is 10.1. The fourth-order valence-corrected chi connectivity index (χ4v) is 1.38. The third-order valence-corrected chi connectivity index (χ3v) is 2.20. The van der Waals surface area contributed by atoms with E-state index >= 15 is 0 Å². The molecule has 1 aliphatic heterocycles. The SMILES string of the molecule is C=C1CCC(C#N)NC(=O)C(CC#N)N1. The van der Waals surface area contributed by atoms with Gasteiger partial charge in [0.05, 0.1) is 18.6 Å². The van der Waals surface area contributed by atoms with Gasteiger partial charge in [0.15, 0.2) is 0 Å². The molecule has 0 aromatic carbocycles. The Morgan fingerprint density at radius 3 is 2.80 bits per heavy atom. The third kappa shape index (κ3) is 2.99. The average molecular weight is 204 g/mol. The van der Waals surface area contributed by atoms with Crippen molar-refractivity contribution < 1.29 is 4.79 Å². The topological polar surface area (TPSA) is 88.7 Å². The molecule has 1 heterocycles. The lowest BCUT2D eigenvalue weighted by Crippen LogP contribution is -2.49. The Balaban J connectivity index is 2.74. The van der Waals surface area contributed by atoms with Crippen LogP contribution in [0.5, 0.6) is 0 Å². The first kappa shape index (κ1) is 11.1. The van der Waals surface area contributed by atoms with E-state index in [4.69, 9.17) is 10.5 Å². The second kappa shape index (κ2) is 5.02. The highest BCUT2D eigenvalue weighted by atomic mass is 16.2. The Morgan fingerprint density at radius 2 is 2.20 bits per heavy atom. The van der Waals surface area contributed by atoms with Gasteiger partial charge in [-0.15, -0.1) is 0 Å². The summed E-state index contributed by atoms with van der Waals surface area (Å²) in [7, 11) is 0. The molecular weight excluding hydrogens is 192 g/mol. The average Bonchev–Trinajstić information content (AvgIpc) is 2.21. The van der Waals surface area contributed by atoms with Crippen LogP contribution in [0.2, 0.25) is 0 Å². The Morgan fingerprint density at radius 1 is 1.47 bits per heavy atom. The van der Waals surface area contributed by atoms with E-state index in [0.29, 0.717) is 18.5 Å². The molecule has 1 fully saturated rings. The summed E-state index contributed by atoms with van der Waals surface area (Å²) in [6, 6.07) is 2.84. The van der Waals surface area contributed by atoms with E-state index in [1.807, 2.05) is 12.1 Å². The van der Waals surface area contributed by atoms with Crippen molar-refractivity contribution in [2.24, 2.45) is 0 Å². The summed E-state index contributed by atoms with van der Waals surface area (Å²) >= 11 is 0. The molecule has 0 aromatic rings. The quantitative estimate of drug-likeness (QED) is 0.637. The summed E-state index contributed by atoms with van der Waals surface area (Å²) in [6.45, 7) is 3.74. The number of allylic oxidation sites excluding steroid dienone is 1. The Kier molecular flexibility index (Phi) is 3.70. The molecule has 1 saturated heterocycles. The first-order chi connectivity index (χ1) is 7.17. The largest absolute Gasteiger partial charge is 0.377 e. The fraction of sp³-hybridized carbons (Fsp3) is 0.500. The highest BCUT2D eigenvalue weighted by molar-refractivity contribution is 5.83. The lowest BCUT2D eigenvalue weighted by Gasteiger charge is -2.24. The van der Waals surface area contributed by atoms with Gasteiger partial charge in [0.25, 0.3) is 0 Å². The standard InChI is InChI=1S/C10H12N4O/c1-7-2-3-8(6-12)14-10(15)9(13-7)4-5-11/h8-9,13H,1-4H2,(H,14,15). The summed E-state index contributed by atoms with van der Waals surface area (Å²) in [5.74, 6) is -0.316. The zero-order valence-electron chi connectivity index (χ0n) is 8.29. The molecule has 78 valence electrons. The van der Waals surface area contributed by atoms with Crippen molar-refractivity contribution in [1.82, 2.24) is 10.6 Å². The number of nitrogens with one attached hydrogen (secondary N) is 2. The van der Waals surface area contributed by atoms with Crippen LogP contribution in [0.25, 0.3) is 0 Å². The molecule has 1 aliphatic rings. The molecule has 0 spiro atoms. The molecule has 1 rings (SSSR count). The summed E-state index contributed by atoms with van der Waals surface area (Å²) in [4.78, 5) is 11.6. The van der Waals surface area contributed by atoms with Crippen LogP contribution in [-0.4, -0.2) is 18.0 Å². The van der Waals surface area contributed by atoms with Crippen LogP contribution >= 0.6 is 0 Å². The lowest BCUT2D eigenvalue weighted by molar-refractivity contribution is -0.123. The molecule has 1 amide bonds. The van der Waals surface area contributed by atoms with Gasteiger partial charge in [-0.2, -0.15) is 10.5 Å². The molecule has 2 N–H and O–H groups in total. The summed E-state index contributed by atoms with van der Waals surface area (Å²) < 4.78 is 0. The van der Waals surface area contributed by atoms with Gasteiger partial charge in [-0.05, 0) is 12.8 Å². The Bertz CT molecular complexity index is 349. The van der Waals surface area contributed by atoms with Crippen LogP contribution in [0.3, 0.4) is 0 Å². The van der Waals surface area contributed by atoms with Gasteiger partial charge in [-0.3, -0.25) is 4.79 Å². The van der Waals surface area contributed by atoms with E-state index in [0.717, 1.165) is 0 Å². The number of nitriles is 2. The van der Waals surface area contributed by atoms with Crippen LogP contribution in [0, 0.1) is 22.7 Å². The molecule has 0 aromatic heterocycles. The van der Waals surface area contributed by atoms with Crippen LogP contribution < -0.4 is 10.6 Å². The molecule has 0 radical (unpaired) electrons. The highest BCUT2D eigenvalue weighted by Crippen LogP contribution is 2.09. The molecule has 15 heavy (non-hydrogen) atoms. The molecule has 2 unspecified atom stereocenters. The summed E-state index contributed by atoms with van der Waals surface area (Å²) in [5, 5.41) is 22.7. The highest BCUT2D eigenvalue weighted by Gasteiger charge is 2.24. The van der Waals surface area contributed by atoms with Crippen molar-refractivity contribution >= 4 is 5.91 Å². The van der Waals surface area contributed by atoms with E-state index in [-0.39, 0.29) is 12.3 Å². The second-order valence-electron chi connectivity index (χ2n) is 3.39. The smallest absolute Gasteiger partial charge is 0.244 e. The van der Waals surface area contributed by atoms with E-state index in [9.17, 15) is 4.79 Å². The van der Waals surface area contributed by atoms with Gasteiger partial charge in [0, 0.05) is 5.70 Å². The number of amides is 1. The third-order valence-electron chi connectivity index (χ3n) is 2.20. The monoisotopic (exact) mass is 204 g/mol. The number of hydrogen-bond acceptors (Lipinski definition) is 4. The Labute approximate surface area is 88.4 Å². The second-order valence-corrected chi connectivity index (χ2v) is 3.39. The maximum Gasteiger partial charge on any atom is 0.244 e. The number of carbonyl (C=O) groups is 1. The van der Waals surface area contributed by atoms with Crippen LogP contribution in [0.1, 0.15) is 19.3 Å². The van der Waals surface area contributed by atoms with Crippen molar-refractivity contribution in [3.63, 3.8) is 0 Å². The minimum atomic E-state index is -0.598. The van der Waals surface area contributed by atoms with Gasteiger partial charge in [-0.1, -0.05) is 6.58 Å².